The zero-order valence-electron chi connectivity index (χ0n) is 12.4. The number of hydrogen-bond donors (Lipinski definition) is 1. The number of likely N-dealkylation sites (N-methyl/N-ethyl adjacent to an activating group) is 1. The van der Waals surface area contributed by atoms with Gasteiger partial charge in [-0.15, -0.1) is 0 Å². The predicted octanol–water partition coefficient (Wildman–Crippen LogP) is 1.30. The molecule has 0 saturated carbocycles. The van der Waals surface area contributed by atoms with E-state index in [0.29, 0.717) is 18.5 Å². The third kappa shape index (κ3) is 4.15. The number of rotatable bonds is 5. The van der Waals surface area contributed by atoms with Crippen molar-refractivity contribution in [3.05, 3.63) is 35.4 Å². The van der Waals surface area contributed by atoms with E-state index in [1.54, 1.807) is 24.1 Å². The fourth-order valence-corrected chi connectivity index (χ4v) is 2.37. The molecule has 0 bridgehead atoms. The summed E-state index contributed by atoms with van der Waals surface area (Å²) in [5, 5.41) is 2.80. The van der Waals surface area contributed by atoms with Crippen molar-refractivity contribution < 1.29 is 14.4 Å². The molecule has 1 saturated heterocycles. The number of aryl methyl sites for hydroxylation is 1. The Hall–Kier alpha value is -2.17. The molecule has 0 radical (unpaired) electrons. The summed E-state index contributed by atoms with van der Waals surface area (Å²) in [4.78, 5) is 36.7. The molecule has 1 aromatic carbocycles. The van der Waals surface area contributed by atoms with Gasteiger partial charge >= 0.3 is 0 Å². The summed E-state index contributed by atoms with van der Waals surface area (Å²) in [6.07, 6.45) is 0.681. The number of ketones is 1. The molecule has 1 fully saturated rings. The van der Waals surface area contributed by atoms with Crippen LogP contribution >= 0.6 is 0 Å². The summed E-state index contributed by atoms with van der Waals surface area (Å²) in [5.74, 6) is -0.177. The molecule has 0 spiro atoms. The van der Waals surface area contributed by atoms with Crippen molar-refractivity contribution in [3.8, 4) is 0 Å². The minimum absolute atomic E-state index is 0.0373. The second-order valence-corrected chi connectivity index (χ2v) is 5.53. The highest BCUT2D eigenvalue weighted by Crippen LogP contribution is 2.10. The molecule has 1 aliphatic heterocycles. The molecule has 5 nitrogen and oxygen atoms in total. The lowest BCUT2D eigenvalue weighted by molar-refractivity contribution is -0.126. The van der Waals surface area contributed by atoms with E-state index < -0.39 is 0 Å². The van der Waals surface area contributed by atoms with E-state index >= 15 is 0 Å². The van der Waals surface area contributed by atoms with Gasteiger partial charge in [-0.1, -0.05) is 29.8 Å². The molecule has 0 aliphatic carbocycles. The number of amides is 2. The maximum absolute atomic E-state index is 12.0. The molecule has 0 unspecified atom stereocenters. The molecule has 112 valence electrons. The number of benzene rings is 1. The highest BCUT2D eigenvalue weighted by molar-refractivity contribution is 5.98. The first-order valence-corrected chi connectivity index (χ1v) is 7.09. The van der Waals surface area contributed by atoms with Crippen LogP contribution in [0.5, 0.6) is 0 Å². The molecule has 1 heterocycles. The standard InChI is InChI=1S/C16H20N2O3/c1-11-3-5-12(6-4-11)14(19)7-8-15(20)17-13-9-16(21)18(2)10-13/h3-6,13H,7-10H2,1-2H3,(H,17,20)/t13-/m0/s1. The largest absolute Gasteiger partial charge is 0.351 e. The van der Waals surface area contributed by atoms with E-state index in [2.05, 4.69) is 5.32 Å². The molecule has 0 aromatic heterocycles. The Kier molecular flexibility index (Phi) is 4.73. The van der Waals surface area contributed by atoms with Gasteiger partial charge in [-0.3, -0.25) is 14.4 Å². The maximum Gasteiger partial charge on any atom is 0.224 e. The van der Waals surface area contributed by atoms with E-state index in [-0.39, 0.29) is 36.5 Å². The monoisotopic (exact) mass is 288 g/mol. The lowest BCUT2D eigenvalue weighted by Crippen LogP contribution is -2.36. The number of likely N-dealkylation sites (tertiary alicyclic amines) is 1. The number of Topliss-reactive ketones (excluding diaryl/α,β-unsaturated/α-hetero) is 1. The Bertz CT molecular complexity index is 551. The third-order valence-corrected chi connectivity index (χ3v) is 3.66. The van der Waals surface area contributed by atoms with Crippen LogP contribution in [0, 0.1) is 6.92 Å². The Balaban J connectivity index is 1.77. The van der Waals surface area contributed by atoms with Crippen LogP contribution in [-0.2, 0) is 9.59 Å². The van der Waals surface area contributed by atoms with Gasteiger partial charge in [0.25, 0.3) is 0 Å². The third-order valence-electron chi connectivity index (χ3n) is 3.66. The van der Waals surface area contributed by atoms with Crippen molar-refractivity contribution in [2.75, 3.05) is 13.6 Å². The highest BCUT2D eigenvalue weighted by atomic mass is 16.2. The summed E-state index contributed by atoms with van der Waals surface area (Å²) in [6.45, 7) is 2.50. The molecular weight excluding hydrogens is 268 g/mol. The van der Waals surface area contributed by atoms with Gasteiger partial charge in [0, 0.05) is 38.4 Å². The van der Waals surface area contributed by atoms with Crippen molar-refractivity contribution in [1.29, 1.82) is 0 Å². The highest BCUT2D eigenvalue weighted by Gasteiger charge is 2.27. The van der Waals surface area contributed by atoms with Crippen LogP contribution in [0.4, 0.5) is 0 Å². The first-order valence-electron chi connectivity index (χ1n) is 7.09. The lowest BCUT2D eigenvalue weighted by Gasteiger charge is -2.12. The van der Waals surface area contributed by atoms with Crippen molar-refractivity contribution in [3.63, 3.8) is 0 Å². The van der Waals surface area contributed by atoms with Gasteiger partial charge in [-0.25, -0.2) is 0 Å². The molecular formula is C16H20N2O3. The molecule has 1 atom stereocenters. The molecule has 1 aliphatic rings. The van der Waals surface area contributed by atoms with Crippen LogP contribution in [0.1, 0.15) is 35.2 Å². The van der Waals surface area contributed by atoms with Crippen molar-refractivity contribution in [2.45, 2.75) is 32.2 Å². The Morgan fingerprint density at radius 3 is 2.48 bits per heavy atom. The maximum atomic E-state index is 12.0. The number of carbonyl (C=O) groups excluding carboxylic acids is 3. The quantitative estimate of drug-likeness (QED) is 0.831. The first kappa shape index (κ1) is 15.2. The zero-order valence-corrected chi connectivity index (χ0v) is 12.4. The number of nitrogens with one attached hydrogen (secondary N) is 1. The van der Waals surface area contributed by atoms with E-state index in [9.17, 15) is 14.4 Å². The van der Waals surface area contributed by atoms with Crippen molar-refractivity contribution in [1.82, 2.24) is 10.2 Å². The molecule has 2 rings (SSSR count). The minimum atomic E-state index is -0.177. The molecule has 2 amide bonds. The van der Waals surface area contributed by atoms with Crippen LogP contribution in [0.2, 0.25) is 0 Å². The summed E-state index contributed by atoms with van der Waals surface area (Å²) < 4.78 is 0. The van der Waals surface area contributed by atoms with Gasteiger partial charge < -0.3 is 10.2 Å². The summed E-state index contributed by atoms with van der Waals surface area (Å²) in [5.41, 5.74) is 1.73. The predicted molar refractivity (Wildman–Crippen MR) is 78.9 cm³/mol. The van der Waals surface area contributed by atoms with Crippen LogP contribution in [-0.4, -0.2) is 42.1 Å². The molecule has 1 N–H and O–H groups in total. The van der Waals surface area contributed by atoms with E-state index in [1.807, 2.05) is 19.1 Å². The van der Waals surface area contributed by atoms with Crippen molar-refractivity contribution in [2.24, 2.45) is 0 Å². The van der Waals surface area contributed by atoms with Crippen LogP contribution in [0.15, 0.2) is 24.3 Å². The van der Waals surface area contributed by atoms with E-state index in [1.165, 1.54) is 0 Å². The number of nitrogens with zero attached hydrogens (tertiary/aromatic N) is 1. The average Bonchev–Trinajstić information content (AvgIpc) is 2.75. The van der Waals surface area contributed by atoms with Gasteiger partial charge in [0.2, 0.25) is 11.8 Å². The van der Waals surface area contributed by atoms with Gasteiger partial charge in [-0.2, -0.15) is 0 Å². The summed E-state index contributed by atoms with van der Waals surface area (Å²) in [6, 6.07) is 7.19. The fourth-order valence-electron chi connectivity index (χ4n) is 2.37. The Morgan fingerprint density at radius 1 is 1.24 bits per heavy atom. The van der Waals surface area contributed by atoms with Crippen LogP contribution in [0.3, 0.4) is 0 Å². The minimum Gasteiger partial charge on any atom is -0.351 e. The van der Waals surface area contributed by atoms with E-state index in [0.717, 1.165) is 5.56 Å². The topological polar surface area (TPSA) is 66.5 Å². The zero-order chi connectivity index (χ0) is 15.4. The number of carbonyl (C=O) groups is 3. The first-order chi connectivity index (χ1) is 9.95. The van der Waals surface area contributed by atoms with Crippen LogP contribution in [0.25, 0.3) is 0 Å². The van der Waals surface area contributed by atoms with Crippen molar-refractivity contribution >= 4 is 17.6 Å². The summed E-state index contributed by atoms with van der Waals surface area (Å²) in [7, 11) is 1.72. The normalized spacial score (nSPS) is 17.9. The second kappa shape index (κ2) is 6.52. The summed E-state index contributed by atoms with van der Waals surface area (Å²) >= 11 is 0. The fraction of sp³-hybridized carbons (Fsp3) is 0.438. The van der Waals surface area contributed by atoms with Gasteiger partial charge in [0.15, 0.2) is 5.78 Å². The van der Waals surface area contributed by atoms with Gasteiger partial charge in [-0.05, 0) is 6.92 Å². The Morgan fingerprint density at radius 2 is 1.90 bits per heavy atom. The second-order valence-electron chi connectivity index (χ2n) is 5.53. The smallest absolute Gasteiger partial charge is 0.224 e. The molecule has 1 aromatic rings. The lowest BCUT2D eigenvalue weighted by atomic mass is 10.0. The molecule has 5 heteroatoms. The average molecular weight is 288 g/mol. The van der Waals surface area contributed by atoms with E-state index in [4.69, 9.17) is 0 Å². The number of hydrogen-bond acceptors (Lipinski definition) is 3. The SMILES string of the molecule is Cc1ccc(C(=O)CCC(=O)N[C@H]2CC(=O)N(C)C2)cc1. The Labute approximate surface area is 124 Å². The molecule has 21 heavy (non-hydrogen) atoms. The van der Waals surface area contributed by atoms with Crippen LogP contribution < -0.4 is 5.32 Å². The van der Waals surface area contributed by atoms with Gasteiger partial charge in [0.1, 0.15) is 0 Å². The van der Waals surface area contributed by atoms with Gasteiger partial charge in [0.05, 0.1) is 6.04 Å².